The van der Waals surface area contributed by atoms with Gasteiger partial charge in [-0.1, -0.05) is 28.1 Å². The largest absolute Gasteiger partial charge is 0.393 e. The van der Waals surface area contributed by atoms with E-state index < -0.39 is 0 Å². The van der Waals surface area contributed by atoms with Crippen molar-refractivity contribution in [3.05, 3.63) is 34.3 Å². The lowest BCUT2D eigenvalue weighted by molar-refractivity contribution is 0.168. The van der Waals surface area contributed by atoms with Gasteiger partial charge in [-0.3, -0.25) is 0 Å². The summed E-state index contributed by atoms with van der Waals surface area (Å²) < 4.78 is 1.12. The molecule has 3 heteroatoms. The second kappa shape index (κ2) is 7.14. The number of aliphatic hydroxyl groups excluding tert-OH is 1. The third-order valence-electron chi connectivity index (χ3n) is 2.72. The maximum atomic E-state index is 9.31. The van der Waals surface area contributed by atoms with Crippen LogP contribution < -0.4 is 5.32 Å². The topological polar surface area (TPSA) is 32.3 Å². The van der Waals surface area contributed by atoms with E-state index in [-0.39, 0.29) is 6.10 Å². The zero-order chi connectivity index (χ0) is 12.8. The van der Waals surface area contributed by atoms with Gasteiger partial charge in [-0.2, -0.15) is 0 Å². The van der Waals surface area contributed by atoms with Gasteiger partial charge in [0.15, 0.2) is 0 Å². The lowest BCUT2D eigenvalue weighted by Gasteiger charge is -2.21. The zero-order valence-electron chi connectivity index (χ0n) is 10.8. The molecule has 1 aromatic carbocycles. The molecule has 0 aliphatic carbocycles. The number of nitrogens with one attached hydrogen (secondary N) is 1. The molecule has 0 heterocycles. The van der Waals surface area contributed by atoms with E-state index in [9.17, 15) is 5.11 Å². The van der Waals surface area contributed by atoms with Crippen molar-refractivity contribution in [2.75, 3.05) is 0 Å². The molecular formula is C14H22BrNO. The van der Waals surface area contributed by atoms with Crippen molar-refractivity contribution in [1.82, 2.24) is 5.32 Å². The van der Waals surface area contributed by atoms with Crippen molar-refractivity contribution in [2.45, 2.75) is 51.8 Å². The van der Waals surface area contributed by atoms with Crippen LogP contribution in [0.15, 0.2) is 28.7 Å². The predicted molar refractivity (Wildman–Crippen MR) is 76.2 cm³/mol. The van der Waals surface area contributed by atoms with E-state index in [1.807, 2.05) is 6.92 Å². The van der Waals surface area contributed by atoms with E-state index in [1.165, 1.54) is 5.56 Å². The fourth-order valence-corrected chi connectivity index (χ4v) is 2.36. The standard InChI is InChI=1S/C14H22BrNO/c1-10(8-12(3)17)16-11(2)9-13-4-6-14(15)7-5-13/h4-7,10-12,16-17H,8-9H2,1-3H3. The molecule has 0 amide bonds. The van der Waals surface area contributed by atoms with Crippen LogP contribution >= 0.6 is 15.9 Å². The highest BCUT2D eigenvalue weighted by Crippen LogP contribution is 2.12. The Bertz CT molecular complexity index is 323. The molecule has 2 nitrogen and oxygen atoms in total. The van der Waals surface area contributed by atoms with Crippen molar-refractivity contribution in [2.24, 2.45) is 0 Å². The molecule has 1 rings (SSSR count). The Morgan fingerprint density at radius 3 is 2.24 bits per heavy atom. The van der Waals surface area contributed by atoms with Gasteiger partial charge in [-0.25, -0.2) is 0 Å². The van der Waals surface area contributed by atoms with Gasteiger partial charge in [0.1, 0.15) is 0 Å². The van der Waals surface area contributed by atoms with Crippen molar-refractivity contribution < 1.29 is 5.11 Å². The first-order chi connectivity index (χ1) is 7.97. The molecular weight excluding hydrogens is 278 g/mol. The first kappa shape index (κ1) is 14.7. The molecule has 1 aromatic rings. The second-order valence-electron chi connectivity index (χ2n) is 4.88. The Balaban J connectivity index is 2.38. The van der Waals surface area contributed by atoms with Gasteiger partial charge in [0.05, 0.1) is 6.10 Å². The summed E-state index contributed by atoms with van der Waals surface area (Å²) in [5, 5.41) is 12.8. The Labute approximate surface area is 113 Å². The van der Waals surface area contributed by atoms with Crippen LogP contribution in [0.1, 0.15) is 32.8 Å². The zero-order valence-corrected chi connectivity index (χ0v) is 12.4. The molecule has 2 N–H and O–H groups in total. The minimum absolute atomic E-state index is 0.239. The summed E-state index contributed by atoms with van der Waals surface area (Å²) in [7, 11) is 0. The average Bonchev–Trinajstić information content (AvgIpc) is 2.19. The smallest absolute Gasteiger partial charge is 0.0526 e. The monoisotopic (exact) mass is 299 g/mol. The Hall–Kier alpha value is -0.380. The minimum atomic E-state index is -0.239. The van der Waals surface area contributed by atoms with Crippen LogP contribution in [-0.4, -0.2) is 23.3 Å². The Morgan fingerprint density at radius 1 is 1.12 bits per heavy atom. The van der Waals surface area contributed by atoms with Crippen molar-refractivity contribution in [3.8, 4) is 0 Å². The van der Waals surface area contributed by atoms with Gasteiger partial charge < -0.3 is 10.4 Å². The van der Waals surface area contributed by atoms with Gasteiger partial charge in [0, 0.05) is 16.6 Å². The lowest BCUT2D eigenvalue weighted by atomic mass is 10.1. The van der Waals surface area contributed by atoms with Gasteiger partial charge in [-0.15, -0.1) is 0 Å². The maximum Gasteiger partial charge on any atom is 0.0526 e. The fraction of sp³-hybridized carbons (Fsp3) is 0.571. The van der Waals surface area contributed by atoms with E-state index in [0.29, 0.717) is 12.1 Å². The number of hydrogen-bond acceptors (Lipinski definition) is 2. The molecule has 0 aliphatic rings. The summed E-state index contributed by atoms with van der Waals surface area (Å²) in [5.41, 5.74) is 1.33. The highest BCUT2D eigenvalue weighted by atomic mass is 79.9. The van der Waals surface area contributed by atoms with Crippen molar-refractivity contribution in [1.29, 1.82) is 0 Å². The lowest BCUT2D eigenvalue weighted by Crippen LogP contribution is -2.37. The van der Waals surface area contributed by atoms with Crippen molar-refractivity contribution >= 4 is 15.9 Å². The highest BCUT2D eigenvalue weighted by Gasteiger charge is 2.10. The third-order valence-corrected chi connectivity index (χ3v) is 3.25. The van der Waals surface area contributed by atoms with Crippen LogP contribution in [0.3, 0.4) is 0 Å². The Morgan fingerprint density at radius 2 is 1.71 bits per heavy atom. The van der Waals surface area contributed by atoms with Gasteiger partial charge in [-0.05, 0) is 51.3 Å². The molecule has 3 atom stereocenters. The number of rotatable bonds is 6. The molecule has 96 valence electrons. The molecule has 0 fully saturated rings. The van der Waals surface area contributed by atoms with Gasteiger partial charge in [0.2, 0.25) is 0 Å². The first-order valence-electron chi connectivity index (χ1n) is 6.16. The number of hydrogen-bond donors (Lipinski definition) is 2. The minimum Gasteiger partial charge on any atom is -0.393 e. The summed E-state index contributed by atoms with van der Waals surface area (Å²) >= 11 is 3.44. The highest BCUT2D eigenvalue weighted by molar-refractivity contribution is 9.10. The molecule has 0 saturated carbocycles. The number of benzene rings is 1. The third kappa shape index (κ3) is 6.20. The molecule has 0 spiro atoms. The van der Waals surface area contributed by atoms with E-state index in [2.05, 4.69) is 59.4 Å². The molecule has 0 saturated heterocycles. The van der Waals surface area contributed by atoms with Gasteiger partial charge in [0.25, 0.3) is 0 Å². The van der Waals surface area contributed by atoms with Gasteiger partial charge >= 0.3 is 0 Å². The van der Waals surface area contributed by atoms with Crippen LogP contribution in [0.5, 0.6) is 0 Å². The molecule has 0 aromatic heterocycles. The normalized spacial score (nSPS) is 16.5. The summed E-state index contributed by atoms with van der Waals surface area (Å²) in [6.07, 6.45) is 1.57. The number of halogens is 1. The fourth-order valence-electron chi connectivity index (χ4n) is 2.10. The van der Waals surface area contributed by atoms with Crippen LogP contribution in [0, 0.1) is 0 Å². The van der Waals surface area contributed by atoms with E-state index in [4.69, 9.17) is 0 Å². The molecule has 0 radical (unpaired) electrons. The quantitative estimate of drug-likeness (QED) is 0.846. The van der Waals surface area contributed by atoms with E-state index in [0.717, 1.165) is 17.3 Å². The molecule has 0 aliphatic heterocycles. The average molecular weight is 300 g/mol. The number of aliphatic hydroxyl groups is 1. The van der Waals surface area contributed by atoms with Crippen LogP contribution in [0.4, 0.5) is 0 Å². The van der Waals surface area contributed by atoms with Crippen molar-refractivity contribution in [3.63, 3.8) is 0 Å². The van der Waals surface area contributed by atoms with E-state index in [1.54, 1.807) is 0 Å². The van der Waals surface area contributed by atoms with E-state index >= 15 is 0 Å². The van der Waals surface area contributed by atoms with Crippen LogP contribution in [0.25, 0.3) is 0 Å². The van der Waals surface area contributed by atoms with Crippen LogP contribution in [0.2, 0.25) is 0 Å². The SMILES string of the molecule is CC(O)CC(C)NC(C)Cc1ccc(Br)cc1. The summed E-state index contributed by atoms with van der Waals surface area (Å²) in [6, 6.07) is 9.19. The maximum absolute atomic E-state index is 9.31. The summed E-state index contributed by atoms with van der Waals surface area (Å²) in [5.74, 6) is 0. The first-order valence-corrected chi connectivity index (χ1v) is 6.95. The molecule has 17 heavy (non-hydrogen) atoms. The molecule has 3 unspecified atom stereocenters. The predicted octanol–water partition coefficient (Wildman–Crippen LogP) is 3.13. The Kier molecular flexibility index (Phi) is 6.17. The van der Waals surface area contributed by atoms with Crippen LogP contribution in [-0.2, 0) is 6.42 Å². The summed E-state index contributed by atoms with van der Waals surface area (Å²) in [4.78, 5) is 0. The molecule has 0 bridgehead atoms. The second-order valence-corrected chi connectivity index (χ2v) is 5.80. The summed E-state index contributed by atoms with van der Waals surface area (Å²) in [6.45, 7) is 6.13.